The van der Waals surface area contributed by atoms with Crippen LogP contribution in [0, 0.1) is 0 Å². The molecule has 26 heavy (non-hydrogen) atoms. The highest BCUT2D eigenvalue weighted by molar-refractivity contribution is 6.07. The summed E-state index contributed by atoms with van der Waals surface area (Å²) in [7, 11) is 3.48. The van der Waals surface area contributed by atoms with Crippen LogP contribution in [0.2, 0.25) is 0 Å². The zero-order chi connectivity index (χ0) is 18.1. The van der Waals surface area contributed by atoms with Gasteiger partial charge in [-0.1, -0.05) is 0 Å². The summed E-state index contributed by atoms with van der Waals surface area (Å²) >= 11 is 0. The molecule has 3 heterocycles. The summed E-state index contributed by atoms with van der Waals surface area (Å²) in [6.45, 7) is 0.761. The van der Waals surface area contributed by atoms with E-state index in [0.29, 0.717) is 5.56 Å². The highest BCUT2D eigenvalue weighted by Crippen LogP contribution is 2.35. The molecule has 0 radical (unpaired) electrons. The van der Waals surface area contributed by atoms with Gasteiger partial charge in [0, 0.05) is 36.9 Å². The molecule has 1 amide bonds. The lowest BCUT2D eigenvalue weighted by molar-refractivity contribution is 0.0737. The molecule has 0 spiro atoms. The maximum absolute atomic E-state index is 13.3. The minimum atomic E-state index is 0.0508. The molecule has 0 saturated carbocycles. The number of amides is 1. The molecule has 2 N–H and O–H groups in total. The zero-order valence-electron chi connectivity index (χ0n) is 15.0. The Hall–Kier alpha value is -3.02. The number of rotatable bonds is 4. The topological polar surface area (TPSA) is 70.2 Å². The van der Waals surface area contributed by atoms with Crippen molar-refractivity contribution in [3.8, 4) is 5.75 Å². The number of carbonyl (C=O) groups is 1. The van der Waals surface area contributed by atoms with E-state index in [1.807, 2.05) is 42.3 Å². The Kier molecular flexibility index (Phi) is 4.24. The van der Waals surface area contributed by atoms with Gasteiger partial charge in [-0.25, -0.2) is 4.98 Å². The summed E-state index contributed by atoms with van der Waals surface area (Å²) in [6.07, 6.45) is 5.55. The van der Waals surface area contributed by atoms with Gasteiger partial charge in [0.2, 0.25) is 0 Å². The van der Waals surface area contributed by atoms with Crippen molar-refractivity contribution in [3.63, 3.8) is 0 Å². The minimum absolute atomic E-state index is 0.0508. The van der Waals surface area contributed by atoms with Gasteiger partial charge in [0.25, 0.3) is 5.91 Å². The van der Waals surface area contributed by atoms with Crippen LogP contribution in [0.1, 0.15) is 34.8 Å². The number of likely N-dealkylation sites (tertiary alicyclic amines) is 1. The summed E-state index contributed by atoms with van der Waals surface area (Å²) in [6, 6.07) is 9.84. The van der Waals surface area contributed by atoms with E-state index in [-0.39, 0.29) is 11.9 Å². The van der Waals surface area contributed by atoms with Crippen LogP contribution in [0.3, 0.4) is 0 Å². The third-order valence-corrected chi connectivity index (χ3v) is 5.06. The monoisotopic (exact) mass is 350 g/mol. The van der Waals surface area contributed by atoms with Crippen LogP contribution in [0.15, 0.2) is 42.7 Å². The molecule has 1 unspecified atom stereocenters. The van der Waals surface area contributed by atoms with Gasteiger partial charge in [-0.15, -0.1) is 0 Å². The van der Waals surface area contributed by atoms with Crippen molar-refractivity contribution < 1.29 is 9.53 Å². The van der Waals surface area contributed by atoms with Gasteiger partial charge in [0.1, 0.15) is 11.6 Å². The molecule has 1 atom stereocenters. The highest BCUT2D eigenvalue weighted by Gasteiger charge is 2.32. The van der Waals surface area contributed by atoms with Crippen LogP contribution in [0.5, 0.6) is 5.75 Å². The van der Waals surface area contributed by atoms with Crippen LogP contribution in [-0.4, -0.2) is 41.5 Å². The van der Waals surface area contributed by atoms with Gasteiger partial charge in [-0.05, 0) is 48.7 Å². The van der Waals surface area contributed by atoms with Crippen LogP contribution in [0.4, 0.5) is 5.82 Å². The molecule has 6 nitrogen and oxygen atoms in total. The molecule has 0 bridgehead atoms. The summed E-state index contributed by atoms with van der Waals surface area (Å²) in [5, 5.41) is 3.96. The maximum Gasteiger partial charge on any atom is 0.256 e. The predicted molar refractivity (Wildman–Crippen MR) is 102 cm³/mol. The number of ether oxygens (including phenoxy) is 1. The fraction of sp³-hybridized carbons (Fsp3) is 0.300. The lowest BCUT2D eigenvalue weighted by Gasteiger charge is -2.25. The van der Waals surface area contributed by atoms with Gasteiger partial charge >= 0.3 is 0 Å². The van der Waals surface area contributed by atoms with Crippen LogP contribution in [0.25, 0.3) is 10.9 Å². The number of fused-ring (bicyclic) bond motifs is 1. The van der Waals surface area contributed by atoms with Gasteiger partial charge in [0.05, 0.1) is 18.7 Å². The summed E-state index contributed by atoms with van der Waals surface area (Å²) in [5.41, 5.74) is 2.74. The molecule has 0 aliphatic carbocycles. The first kappa shape index (κ1) is 16.4. The number of nitrogens with zero attached hydrogens (tertiary/aromatic N) is 2. The van der Waals surface area contributed by atoms with Crippen molar-refractivity contribution in [1.29, 1.82) is 0 Å². The van der Waals surface area contributed by atoms with Gasteiger partial charge in [-0.3, -0.25) is 4.79 Å². The zero-order valence-corrected chi connectivity index (χ0v) is 15.0. The average molecular weight is 350 g/mol. The van der Waals surface area contributed by atoms with Gasteiger partial charge in [0.15, 0.2) is 0 Å². The third-order valence-electron chi connectivity index (χ3n) is 5.06. The number of nitrogens with one attached hydrogen (secondary N) is 2. The molecule has 1 fully saturated rings. The molecular weight excluding hydrogens is 328 g/mol. The Morgan fingerprint density at radius 2 is 2.23 bits per heavy atom. The molecule has 134 valence electrons. The number of hydrogen-bond acceptors (Lipinski definition) is 4. The van der Waals surface area contributed by atoms with E-state index < -0.39 is 0 Å². The van der Waals surface area contributed by atoms with Crippen molar-refractivity contribution in [2.45, 2.75) is 18.9 Å². The van der Waals surface area contributed by atoms with Crippen LogP contribution >= 0.6 is 0 Å². The number of hydrogen-bond donors (Lipinski definition) is 2. The Morgan fingerprint density at radius 3 is 3.04 bits per heavy atom. The number of methoxy groups -OCH3 is 1. The Balaban J connectivity index is 1.69. The fourth-order valence-corrected chi connectivity index (χ4v) is 3.71. The van der Waals surface area contributed by atoms with Crippen molar-refractivity contribution in [2.24, 2.45) is 0 Å². The Labute approximate surface area is 152 Å². The van der Waals surface area contributed by atoms with Crippen LogP contribution < -0.4 is 10.1 Å². The lowest BCUT2D eigenvalue weighted by atomic mass is 10.0. The highest BCUT2D eigenvalue weighted by atomic mass is 16.5. The van der Waals surface area contributed by atoms with E-state index in [4.69, 9.17) is 4.74 Å². The first-order chi connectivity index (χ1) is 12.7. The number of anilines is 1. The van der Waals surface area contributed by atoms with Crippen molar-refractivity contribution in [3.05, 3.63) is 53.9 Å². The molecular formula is C20H22N4O2. The second kappa shape index (κ2) is 6.71. The number of aromatic amines is 1. The second-order valence-electron chi connectivity index (χ2n) is 6.49. The van der Waals surface area contributed by atoms with Crippen molar-refractivity contribution >= 4 is 22.6 Å². The molecule has 1 aliphatic rings. The summed E-state index contributed by atoms with van der Waals surface area (Å²) in [5.74, 6) is 1.62. The number of aromatic nitrogens is 2. The first-order valence-electron chi connectivity index (χ1n) is 8.81. The third kappa shape index (κ3) is 2.77. The minimum Gasteiger partial charge on any atom is -0.497 e. The standard InChI is InChI=1S/C20H22N4O2/c1-21-19-10-13(7-8-22-19)18-4-3-9-24(18)20(25)16-12-23-17-6-5-14(26-2)11-15(16)17/h5-8,10-12,18,23H,3-4,9H2,1-2H3,(H,21,22). The molecule has 4 rings (SSSR count). The number of pyridine rings is 1. The van der Waals surface area contributed by atoms with E-state index in [1.54, 1.807) is 19.5 Å². The molecule has 6 heteroatoms. The molecule has 1 saturated heterocycles. The van der Waals surface area contributed by atoms with E-state index in [2.05, 4.69) is 15.3 Å². The smallest absolute Gasteiger partial charge is 0.256 e. The van der Waals surface area contributed by atoms with Gasteiger partial charge in [-0.2, -0.15) is 0 Å². The maximum atomic E-state index is 13.3. The summed E-state index contributed by atoms with van der Waals surface area (Å²) < 4.78 is 5.32. The molecule has 1 aromatic carbocycles. The molecule has 2 aromatic heterocycles. The fourth-order valence-electron chi connectivity index (χ4n) is 3.71. The number of carbonyl (C=O) groups excluding carboxylic acids is 1. The van der Waals surface area contributed by atoms with Gasteiger partial charge < -0.3 is 19.9 Å². The quantitative estimate of drug-likeness (QED) is 0.754. The van der Waals surface area contributed by atoms with Crippen molar-refractivity contribution in [1.82, 2.24) is 14.9 Å². The normalized spacial score (nSPS) is 16.8. The Morgan fingerprint density at radius 1 is 1.35 bits per heavy atom. The molecule has 1 aliphatic heterocycles. The van der Waals surface area contributed by atoms with E-state index >= 15 is 0 Å². The second-order valence-corrected chi connectivity index (χ2v) is 6.49. The lowest BCUT2D eigenvalue weighted by Crippen LogP contribution is -2.30. The van der Waals surface area contributed by atoms with E-state index in [1.165, 1.54) is 0 Å². The largest absolute Gasteiger partial charge is 0.497 e. The van der Waals surface area contributed by atoms with E-state index in [9.17, 15) is 4.79 Å². The number of benzene rings is 1. The van der Waals surface area contributed by atoms with Crippen molar-refractivity contribution in [2.75, 3.05) is 26.0 Å². The predicted octanol–water partition coefficient (Wildman–Crippen LogP) is 3.59. The Bertz CT molecular complexity index is 950. The van der Waals surface area contributed by atoms with Crippen LogP contribution in [-0.2, 0) is 0 Å². The summed E-state index contributed by atoms with van der Waals surface area (Å²) in [4.78, 5) is 22.7. The SMILES string of the molecule is CNc1cc(C2CCCN2C(=O)c2c[nH]c3ccc(OC)cc23)ccn1. The number of H-pyrrole nitrogens is 1. The first-order valence-corrected chi connectivity index (χ1v) is 8.81. The van der Waals surface area contributed by atoms with E-state index in [0.717, 1.165) is 47.4 Å². The average Bonchev–Trinajstić information content (AvgIpc) is 3.34. The molecule has 3 aromatic rings.